The Hall–Kier alpha value is 0.270. The molecule has 2 nitrogen and oxygen atoms in total. The molecule has 100 valence electrons. The molecule has 2 rings (SSSR count). The van der Waals surface area contributed by atoms with Crippen molar-refractivity contribution in [1.82, 2.24) is 5.32 Å². The van der Waals surface area contributed by atoms with Gasteiger partial charge < -0.3 is 10.1 Å². The first-order valence-corrected chi connectivity index (χ1v) is 8.04. The predicted octanol–water partition coefficient (Wildman–Crippen LogP) is 2.92. The molecule has 2 fully saturated rings. The number of nitrogens with one attached hydrogen (secondary N) is 1. The van der Waals surface area contributed by atoms with Gasteiger partial charge >= 0.3 is 0 Å². The molecule has 1 N–H and O–H groups in total. The summed E-state index contributed by atoms with van der Waals surface area (Å²) in [7, 11) is 1.81. The Labute approximate surface area is 110 Å². The van der Waals surface area contributed by atoms with Crippen LogP contribution in [0.2, 0.25) is 0 Å². The zero-order valence-electron chi connectivity index (χ0n) is 11.6. The largest absolute Gasteiger partial charge is 0.385 e. The van der Waals surface area contributed by atoms with Crippen LogP contribution in [0.15, 0.2) is 0 Å². The van der Waals surface area contributed by atoms with E-state index in [0.29, 0.717) is 16.9 Å². The maximum Gasteiger partial charge on any atom is 0.0468 e. The van der Waals surface area contributed by atoms with E-state index in [-0.39, 0.29) is 0 Å². The lowest BCUT2D eigenvalue weighted by Gasteiger charge is -2.39. The van der Waals surface area contributed by atoms with Crippen molar-refractivity contribution in [3.05, 3.63) is 0 Å². The van der Waals surface area contributed by atoms with Crippen molar-refractivity contribution < 1.29 is 4.74 Å². The first kappa shape index (κ1) is 13.7. The molecule has 0 aromatic rings. The normalized spacial score (nSPS) is 30.2. The number of thioether (sulfide) groups is 1. The van der Waals surface area contributed by atoms with E-state index in [2.05, 4.69) is 30.9 Å². The molecule has 1 saturated heterocycles. The first-order valence-electron chi connectivity index (χ1n) is 6.88. The number of rotatable bonds is 6. The van der Waals surface area contributed by atoms with Gasteiger partial charge in [-0.15, -0.1) is 0 Å². The first-order chi connectivity index (χ1) is 8.08. The third-order valence-corrected chi connectivity index (χ3v) is 5.70. The lowest BCUT2D eigenvalue weighted by molar-refractivity contribution is 0.164. The minimum absolute atomic E-state index is 0.475. The molecule has 1 atom stereocenters. The van der Waals surface area contributed by atoms with Crippen molar-refractivity contribution in [2.45, 2.75) is 45.6 Å². The van der Waals surface area contributed by atoms with Crippen LogP contribution in [0.4, 0.5) is 0 Å². The van der Waals surface area contributed by atoms with Gasteiger partial charge in [0.15, 0.2) is 0 Å². The molecule has 0 bridgehead atoms. The molecule has 0 radical (unpaired) electrons. The van der Waals surface area contributed by atoms with Crippen molar-refractivity contribution in [2.75, 3.05) is 31.8 Å². The Morgan fingerprint density at radius 3 is 2.65 bits per heavy atom. The van der Waals surface area contributed by atoms with Crippen LogP contribution in [-0.4, -0.2) is 37.8 Å². The fraction of sp³-hybridized carbons (Fsp3) is 1.00. The third kappa shape index (κ3) is 3.62. The summed E-state index contributed by atoms with van der Waals surface area (Å²) >= 11 is 2.11. The quantitative estimate of drug-likeness (QED) is 0.790. The van der Waals surface area contributed by atoms with Gasteiger partial charge in [0.2, 0.25) is 0 Å². The van der Waals surface area contributed by atoms with Gasteiger partial charge in [0, 0.05) is 32.1 Å². The number of methoxy groups -OCH3 is 1. The average molecular weight is 257 g/mol. The molecule has 0 amide bonds. The molecule has 1 unspecified atom stereocenters. The molecular weight excluding hydrogens is 230 g/mol. The van der Waals surface area contributed by atoms with E-state index in [0.717, 1.165) is 6.61 Å². The van der Waals surface area contributed by atoms with Crippen LogP contribution in [0.25, 0.3) is 0 Å². The highest BCUT2D eigenvalue weighted by Crippen LogP contribution is 2.48. The van der Waals surface area contributed by atoms with E-state index >= 15 is 0 Å². The second-order valence-corrected chi connectivity index (χ2v) is 7.64. The van der Waals surface area contributed by atoms with Gasteiger partial charge in [0.05, 0.1) is 0 Å². The highest BCUT2D eigenvalue weighted by molar-refractivity contribution is 7.99. The molecule has 1 aliphatic heterocycles. The molecule has 3 heteroatoms. The van der Waals surface area contributed by atoms with Gasteiger partial charge in [-0.1, -0.05) is 13.8 Å². The Bertz CT molecular complexity index is 251. The van der Waals surface area contributed by atoms with Crippen LogP contribution in [0.5, 0.6) is 0 Å². The van der Waals surface area contributed by atoms with Crippen LogP contribution < -0.4 is 5.32 Å². The van der Waals surface area contributed by atoms with Gasteiger partial charge in [0.25, 0.3) is 0 Å². The minimum atomic E-state index is 0.475. The van der Waals surface area contributed by atoms with Crippen molar-refractivity contribution in [1.29, 1.82) is 0 Å². The summed E-state index contributed by atoms with van der Waals surface area (Å²) in [5.41, 5.74) is 1.05. The van der Waals surface area contributed by atoms with E-state index in [1.807, 2.05) is 7.11 Å². The molecule has 17 heavy (non-hydrogen) atoms. The van der Waals surface area contributed by atoms with Crippen molar-refractivity contribution in [3.8, 4) is 0 Å². The van der Waals surface area contributed by atoms with E-state index in [1.54, 1.807) is 0 Å². The zero-order chi connectivity index (χ0) is 12.4. The van der Waals surface area contributed by atoms with Crippen LogP contribution in [0.1, 0.15) is 39.5 Å². The highest BCUT2D eigenvalue weighted by Gasteiger charge is 2.43. The lowest BCUT2D eigenvalue weighted by atomic mass is 9.82. The van der Waals surface area contributed by atoms with E-state index < -0.39 is 0 Å². The topological polar surface area (TPSA) is 21.3 Å². The summed E-state index contributed by atoms with van der Waals surface area (Å²) in [4.78, 5) is 0. The molecule has 0 spiro atoms. The zero-order valence-corrected chi connectivity index (χ0v) is 12.4. The van der Waals surface area contributed by atoms with Crippen molar-refractivity contribution in [3.63, 3.8) is 0 Å². The fourth-order valence-corrected chi connectivity index (χ4v) is 4.26. The summed E-state index contributed by atoms with van der Waals surface area (Å²) in [5, 5.41) is 3.85. The molecule has 1 heterocycles. The van der Waals surface area contributed by atoms with Crippen LogP contribution in [-0.2, 0) is 4.74 Å². The smallest absolute Gasteiger partial charge is 0.0468 e. The summed E-state index contributed by atoms with van der Waals surface area (Å²) in [6.45, 7) is 6.95. The second-order valence-electron chi connectivity index (χ2n) is 6.49. The third-order valence-electron chi connectivity index (χ3n) is 4.64. The van der Waals surface area contributed by atoms with Crippen LogP contribution in [0, 0.1) is 10.8 Å². The lowest BCUT2D eigenvalue weighted by Crippen LogP contribution is -2.48. The Balaban J connectivity index is 1.77. The predicted molar refractivity (Wildman–Crippen MR) is 75.7 cm³/mol. The summed E-state index contributed by atoms with van der Waals surface area (Å²) in [6.07, 6.45) is 5.37. The maximum absolute atomic E-state index is 5.22. The monoisotopic (exact) mass is 257 g/mol. The molecule has 1 saturated carbocycles. The SMILES string of the molecule is COCCC1(CNC2CSCCC2(C)C)CC1. The summed E-state index contributed by atoms with van der Waals surface area (Å²) in [6, 6.07) is 0.696. The number of hydrogen-bond acceptors (Lipinski definition) is 3. The Morgan fingerprint density at radius 2 is 2.06 bits per heavy atom. The van der Waals surface area contributed by atoms with Crippen molar-refractivity contribution in [2.24, 2.45) is 10.8 Å². The molecular formula is C14H27NOS. The average Bonchev–Trinajstić information content (AvgIpc) is 3.05. The fourth-order valence-electron chi connectivity index (χ4n) is 2.62. The number of hydrogen-bond donors (Lipinski definition) is 1. The van der Waals surface area contributed by atoms with E-state index in [4.69, 9.17) is 4.74 Å². The number of ether oxygens (including phenoxy) is 1. The standard InChI is InChI=1S/C14H27NOS/c1-13(2)7-9-17-10-12(13)15-11-14(4-5-14)6-8-16-3/h12,15H,4-11H2,1-3H3. The van der Waals surface area contributed by atoms with Gasteiger partial charge in [-0.05, 0) is 42.3 Å². The molecule has 1 aliphatic carbocycles. The van der Waals surface area contributed by atoms with Gasteiger partial charge in [0.1, 0.15) is 0 Å². The van der Waals surface area contributed by atoms with Crippen LogP contribution in [0.3, 0.4) is 0 Å². The van der Waals surface area contributed by atoms with Gasteiger partial charge in [-0.2, -0.15) is 11.8 Å². The molecule has 0 aromatic heterocycles. The maximum atomic E-state index is 5.22. The molecule has 2 aliphatic rings. The Kier molecular flexibility index (Phi) is 4.43. The van der Waals surface area contributed by atoms with Gasteiger partial charge in [-0.3, -0.25) is 0 Å². The highest BCUT2D eigenvalue weighted by atomic mass is 32.2. The van der Waals surface area contributed by atoms with Crippen molar-refractivity contribution >= 4 is 11.8 Å². The van der Waals surface area contributed by atoms with Gasteiger partial charge in [-0.25, -0.2) is 0 Å². The summed E-state index contributed by atoms with van der Waals surface area (Å²) in [5.74, 6) is 2.62. The molecule has 0 aromatic carbocycles. The van der Waals surface area contributed by atoms with E-state index in [9.17, 15) is 0 Å². The van der Waals surface area contributed by atoms with E-state index in [1.165, 1.54) is 43.7 Å². The second kappa shape index (κ2) is 5.50. The Morgan fingerprint density at radius 1 is 1.29 bits per heavy atom. The van der Waals surface area contributed by atoms with Crippen LogP contribution >= 0.6 is 11.8 Å². The summed E-state index contributed by atoms with van der Waals surface area (Å²) < 4.78 is 5.22. The minimum Gasteiger partial charge on any atom is -0.385 e.